The molecule has 0 radical (unpaired) electrons. The Morgan fingerprint density at radius 2 is 1.89 bits per heavy atom. The Hall–Kier alpha value is -2.85. The number of rotatable bonds is 6. The number of hydrogen-bond acceptors (Lipinski definition) is 6. The van der Waals surface area contributed by atoms with Crippen molar-refractivity contribution in [3.8, 4) is 0 Å². The fourth-order valence-electron chi connectivity index (χ4n) is 4.59. The van der Waals surface area contributed by atoms with E-state index in [0.717, 1.165) is 34.2 Å². The van der Waals surface area contributed by atoms with Gasteiger partial charge in [0.1, 0.15) is 0 Å². The minimum Gasteiger partial charge on any atom is -0.279 e. The second-order valence-electron chi connectivity index (χ2n) is 9.45. The van der Waals surface area contributed by atoms with Crippen LogP contribution in [0.2, 0.25) is 5.02 Å². The number of hydrogen-bond donors (Lipinski definition) is 0. The summed E-state index contributed by atoms with van der Waals surface area (Å²) in [6.07, 6.45) is 5.25. The number of anilines is 1. The minimum absolute atomic E-state index is 0.198. The summed E-state index contributed by atoms with van der Waals surface area (Å²) in [6.45, 7) is 5.34. The maximum atomic E-state index is 13.8. The van der Waals surface area contributed by atoms with Crippen LogP contribution in [0, 0.1) is 12.8 Å². The van der Waals surface area contributed by atoms with Crippen LogP contribution in [0.25, 0.3) is 10.2 Å². The Morgan fingerprint density at radius 1 is 1.16 bits per heavy atom. The number of halogens is 1. The molecule has 3 heterocycles. The molecule has 1 fully saturated rings. The highest BCUT2D eigenvalue weighted by Crippen LogP contribution is 2.34. The molecule has 10 heteroatoms. The van der Waals surface area contributed by atoms with Crippen LogP contribution in [0.15, 0.2) is 65.8 Å². The lowest BCUT2D eigenvalue weighted by atomic mass is 10.0. The van der Waals surface area contributed by atoms with Gasteiger partial charge in [0.2, 0.25) is 10.0 Å². The van der Waals surface area contributed by atoms with Crippen LogP contribution in [0.1, 0.15) is 41.3 Å². The molecule has 192 valence electrons. The molecular weight excluding hydrogens is 528 g/mol. The molecule has 37 heavy (non-hydrogen) atoms. The first-order valence-electron chi connectivity index (χ1n) is 12.1. The van der Waals surface area contributed by atoms with Crippen molar-refractivity contribution in [3.05, 3.63) is 82.6 Å². The largest absolute Gasteiger partial charge is 0.279 e. The SMILES string of the molecule is Cc1cc(Cl)cc2sc(N(Cc3ccncc3)C(=O)c3ccc(S(=O)(=O)N4CCCC(C)C4)cc3)nc12. The van der Waals surface area contributed by atoms with Crippen molar-refractivity contribution in [1.29, 1.82) is 0 Å². The Balaban J connectivity index is 1.48. The van der Waals surface area contributed by atoms with Gasteiger partial charge in [0.15, 0.2) is 5.13 Å². The summed E-state index contributed by atoms with van der Waals surface area (Å²) in [6, 6.07) is 13.6. The quantitative estimate of drug-likeness (QED) is 0.295. The first-order valence-corrected chi connectivity index (χ1v) is 14.7. The van der Waals surface area contributed by atoms with Gasteiger partial charge in [-0.05, 0) is 85.3 Å². The summed E-state index contributed by atoms with van der Waals surface area (Å²) in [5, 5.41) is 1.16. The van der Waals surface area contributed by atoms with Crippen molar-refractivity contribution >= 4 is 54.2 Å². The average molecular weight is 555 g/mol. The molecule has 0 spiro atoms. The molecular formula is C27H27ClN4O3S2. The van der Waals surface area contributed by atoms with Crippen molar-refractivity contribution in [3.63, 3.8) is 0 Å². The number of carbonyl (C=O) groups is 1. The first kappa shape index (κ1) is 25.8. The Bertz CT molecular complexity index is 1540. The predicted octanol–water partition coefficient (Wildman–Crippen LogP) is 5.92. The van der Waals surface area contributed by atoms with Gasteiger partial charge < -0.3 is 0 Å². The molecule has 1 amide bonds. The van der Waals surface area contributed by atoms with Gasteiger partial charge in [-0.1, -0.05) is 29.9 Å². The van der Waals surface area contributed by atoms with E-state index in [2.05, 4.69) is 11.9 Å². The third-order valence-corrected chi connectivity index (χ3v) is 9.69. The van der Waals surface area contributed by atoms with Crippen LogP contribution in [-0.2, 0) is 16.6 Å². The molecule has 0 aliphatic carbocycles. The lowest BCUT2D eigenvalue weighted by Gasteiger charge is -2.30. The van der Waals surface area contributed by atoms with Gasteiger partial charge in [0, 0.05) is 36.1 Å². The van der Waals surface area contributed by atoms with Gasteiger partial charge in [0.05, 0.1) is 21.7 Å². The van der Waals surface area contributed by atoms with E-state index < -0.39 is 10.0 Å². The standard InChI is InChI=1S/C27H27ClN4O3S2/c1-18-4-3-13-31(16-18)37(34,35)23-7-5-21(6-8-23)26(33)32(17-20-9-11-29-12-10-20)27-30-25-19(2)14-22(28)15-24(25)36-27/h5-12,14-15,18H,3-4,13,16-17H2,1-2H3. The van der Waals surface area contributed by atoms with Crippen LogP contribution in [-0.4, -0.2) is 41.7 Å². The number of aromatic nitrogens is 2. The molecule has 5 rings (SSSR count). The van der Waals surface area contributed by atoms with E-state index in [-0.39, 0.29) is 10.8 Å². The van der Waals surface area contributed by atoms with Crippen LogP contribution < -0.4 is 4.90 Å². The summed E-state index contributed by atoms with van der Waals surface area (Å²) in [7, 11) is -3.61. The molecule has 0 N–H and O–H groups in total. The van der Waals surface area contributed by atoms with Gasteiger partial charge >= 0.3 is 0 Å². The summed E-state index contributed by atoms with van der Waals surface area (Å²) in [4.78, 5) is 24.4. The normalized spacial score (nSPS) is 16.7. The molecule has 2 aromatic heterocycles. The molecule has 7 nitrogen and oxygen atoms in total. The average Bonchev–Trinajstić information content (AvgIpc) is 3.32. The highest BCUT2D eigenvalue weighted by atomic mass is 35.5. The molecule has 0 saturated carbocycles. The zero-order valence-corrected chi connectivity index (χ0v) is 23.0. The third kappa shape index (κ3) is 5.40. The number of nitrogens with zero attached hydrogens (tertiary/aromatic N) is 4. The lowest BCUT2D eigenvalue weighted by molar-refractivity contribution is 0.0985. The number of pyridine rings is 1. The topological polar surface area (TPSA) is 83.5 Å². The van der Waals surface area contributed by atoms with Gasteiger partial charge in [-0.2, -0.15) is 4.31 Å². The zero-order chi connectivity index (χ0) is 26.2. The zero-order valence-electron chi connectivity index (χ0n) is 20.6. The third-order valence-electron chi connectivity index (χ3n) is 6.56. The number of piperidine rings is 1. The fourth-order valence-corrected chi connectivity index (χ4v) is 7.61. The molecule has 2 aromatic carbocycles. The smallest absolute Gasteiger partial charge is 0.260 e. The van der Waals surface area contributed by atoms with E-state index in [1.54, 1.807) is 33.7 Å². The maximum Gasteiger partial charge on any atom is 0.260 e. The molecule has 4 aromatic rings. The monoisotopic (exact) mass is 554 g/mol. The second-order valence-corrected chi connectivity index (χ2v) is 12.8. The summed E-state index contributed by atoms with van der Waals surface area (Å²) in [5.41, 5.74) is 3.02. The number of aryl methyl sites for hydroxylation is 1. The van der Waals surface area contributed by atoms with Crippen molar-refractivity contribution in [2.45, 2.75) is 38.1 Å². The number of carbonyl (C=O) groups excluding carboxylic acids is 1. The van der Waals surface area contributed by atoms with Crippen LogP contribution >= 0.6 is 22.9 Å². The van der Waals surface area contributed by atoms with Crippen LogP contribution in [0.5, 0.6) is 0 Å². The van der Waals surface area contributed by atoms with Gasteiger partial charge in [-0.25, -0.2) is 13.4 Å². The molecule has 1 aliphatic heterocycles. The minimum atomic E-state index is -3.61. The summed E-state index contributed by atoms with van der Waals surface area (Å²) >= 11 is 7.65. The van der Waals surface area contributed by atoms with Crippen molar-refractivity contribution < 1.29 is 13.2 Å². The molecule has 1 unspecified atom stereocenters. The highest BCUT2D eigenvalue weighted by Gasteiger charge is 2.29. The van der Waals surface area contributed by atoms with E-state index in [1.165, 1.54) is 23.5 Å². The Kier molecular flexibility index (Phi) is 7.31. The summed E-state index contributed by atoms with van der Waals surface area (Å²) in [5.74, 6) is 0.0635. The van der Waals surface area contributed by atoms with Crippen molar-refractivity contribution in [2.24, 2.45) is 5.92 Å². The number of amides is 1. The van der Waals surface area contributed by atoms with E-state index in [4.69, 9.17) is 16.6 Å². The van der Waals surface area contributed by atoms with Crippen molar-refractivity contribution in [1.82, 2.24) is 14.3 Å². The predicted molar refractivity (Wildman–Crippen MR) is 148 cm³/mol. The molecule has 1 atom stereocenters. The number of benzene rings is 2. The number of thiazole rings is 1. The number of sulfonamides is 1. The highest BCUT2D eigenvalue weighted by molar-refractivity contribution is 7.89. The van der Waals surface area contributed by atoms with E-state index in [0.29, 0.717) is 41.3 Å². The van der Waals surface area contributed by atoms with E-state index in [9.17, 15) is 13.2 Å². The van der Waals surface area contributed by atoms with Gasteiger partial charge in [-0.15, -0.1) is 0 Å². The maximum absolute atomic E-state index is 13.8. The second kappa shape index (κ2) is 10.5. The molecule has 1 aliphatic rings. The van der Waals surface area contributed by atoms with Gasteiger partial charge in [0.25, 0.3) is 5.91 Å². The fraction of sp³-hybridized carbons (Fsp3) is 0.296. The summed E-state index contributed by atoms with van der Waals surface area (Å²) < 4.78 is 28.8. The molecule has 0 bridgehead atoms. The Morgan fingerprint density at radius 3 is 2.59 bits per heavy atom. The van der Waals surface area contributed by atoms with E-state index >= 15 is 0 Å². The lowest BCUT2D eigenvalue weighted by Crippen LogP contribution is -2.39. The Labute approximate surface area is 225 Å². The van der Waals surface area contributed by atoms with E-state index in [1.807, 2.05) is 31.2 Å². The van der Waals surface area contributed by atoms with Crippen LogP contribution in [0.3, 0.4) is 0 Å². The molecule has 1 saturated heterocycles. The van der Waals surface area contributed by atoms with Gasteiger partial charge in [-0.3, -0.25) is 14.7 Å². The van der Waals surface area contributed by atoms with Crippen LogP contribution in [0.4, 0.5) is 5.13 Å². The number of fused-ring (bicyclic) bond motifs is 1. The van der Waals surface area contributed by atoms with Crippen molar-refractivity contribution in [2.75, 3.05) is 18.0 Å². The first-order chi connectivity index (χ1) is 17.7.